The number of thiophene rings is 1. The third-order valence-corrected chi connectivity index (χ3v) is 6.09. The Morgan fingerprint density at radius 3 is 2.75 bits per heavy atom. The van der Waals surface area contributed by atoms with Crippen LogP contribution in [0.25, 0.3) is 16.6 Å². The third-order valence-electron chi connectivity index (χ3n) is 5.18. The summed E-state index contributed by atoms with van der Waals surface area (Å²) in [6.45, 7) is 4.64. The van der Waals surface area contributed by atoms with E-state index < -0.39 is 0 Å². The molecule has 0 amide bonds. The molecule has 3 heterocycles. The Morgan fingerprint density at radius 2 is 2.04 bits per heavy atom. The van der Waals surface area contributed by atoms with Crippen LogP contribution in [0.1, 0.15) is 35.0 Å². The molecular weight excluding hydrogens is 370 g/mol. The van der Waals surface area contributed by atoms with E-state index in [2.05, 4.69) is 30.0 Å². The fraction of sp³-hybridized carbons (Fsp3) is 0.273. The molecule has 0 aliphatic heterocycles. The number of hydrogen-bond donors (Lipinski definition) is 0. The molecule has 5 nitrogen and oxygen atoms in total. The van der Waals surface area contributed by atoms with Crippen molar-refractivity contribution in [3.8, 4) is 11.4 Å². The molecule has 6 heteroatoms. The Hall–Kier alpha value is -2.86. The molecule has 3 aromatic heterocycles. The Morgan fingerprint density at radius 1 is 1.18 bits per heavy atom. The highest BCUT2D eigenvalue weighted by molar-refractivity contribution is 7.10. The molecule has 1 fully saturated rings. The maximum Gasteiger partial charge on any atom is 0.258 e. The number of fused-ring (bicyclic) bond motifs is 1. The predicted molar refractivity (Wildman–Crippen MR) is 112 cm³/mol. The summed E-state index contributed by atoms with van der Waals surface area (Å²) in [7, 11) is 0. The Kier molecular flexibility index (Phi) is 4.09. The van der Waals surface area contributed by atoms with Gasteiger partial charge in [-0.05, 0) is 62.4 Å². The average Bonchev–Trinajstić information content (AvgIpc) is 3.37. The Bertz CT molecular complexity index is 1230. The van der Waals surface area contributed by atoms with Crippen LogP contribution in [-0.4, -0.2) is 14.3 Å². The Balaban J connectivity index is 1.42. The molecule has 0 atom stereocenters. The summed E-state index contributed by atoms with van der Waals surface area (Å²) in [5.41, 5.74) is 4.01. The zero-order chi connectivity index (χ0) is 19.3. The number of aryl methyl sites for hydroxylation is 2. The molecule has 0 bridgehead atoms. The number of nitrogens with zero attached hydrogens (tertiary/aromatic N) is 3. The number of rotatable bonds is 5. The van der Waals surface area contributed by atoms with E-state index >= 15 is 0 Å². The lowest BCUT2D eigenvalue weighted by molar-refractivity contribution is 0.305. The van der Waals surface area contributed by atoms with Crippen LogP contribution in [0.2, 0.25) is 0 Å². The van der Waals surface area contributed by atoms with Gasteiger partial charge >= 0.3 is 0 Å². The van der Waals surface area contributed by atoms with Crippen molar-refractivity contribution in [1.82, 2.24) is 14.3 Å². The van der Waals surface area contributed by atoms with Crippen molar-refractivity contribution >= 4 is 22.2 Å². The normalized spacial score (nSPS) is 13.9. The zero-order valence-corrected chi connectivity index (χ0v) is 16.7. The second kappa shape index (κ2) is 6.63. The van der Waals surface area contributed by atoms with Crippen LogP contribution < -0.4 is 10.3 Å². The van der Waals surface area contributed by atoms with E-state index in [-0.39, 0.29) is 5.56 Å². The highest BCUT2D eigenvalue weighted by Crippen LogP contribution is 2.37. The predicted octanol–water partition coefficient (Wildman–Crippen LogP) is 4.78. The maximum atomic E-state index is 12.7. The van der Waals surface area contributed by atoms with Crippen molar-refractivity contribution in [2.75, 3.05) is 0 Å². The van der Waals surface area contributed by atoms with E-state index in [4.69, 9.17) is 9.84 Å². The van der Waals surface area contributed by atoms with Gasteiger partial charge < -0.3 is 4.74 Å². The van der Waals surface area contributed by atoms with Gasteiger partial charge in [0.2, 0.25) is 0 Å². The summed E-state index contributed by atoms with van der Waals surface area (Å²) >= 11 is 1.70. The van der Waals surface area contributed by atoms with Gasteiger partial charge in [-0.25, -0.2) is 0 Å². The molecule has 1 aliphatic carbocycles. The van der Waals surface area contributed by atoms with Crippen LogP contribution in [0.5, 0.6) is 5.75 Å². The molecule has 1 aromatic carbocycles. The number of hydrogen-bond acceptors (Lipinski definition) is 4. The van der Waals surface area contributed by atoms with E-state index in [1.807, 2.05) is 24.3 Å². The first-order valence-electron chi connectivity index (χ1n) is 9.47. The van der Waals surface area contributed by atoms with Gasteiger partial charge in [-0.15, -0.1) is 11.3 Å². The summed E-state index contributed by atoms with van der Waals surface area (Å²) in [5.74, 6) is 0.587. The van der Waals surface area contributed by atoms with Crippen LogP contribution >= 0.6 is 11.3 Å². The van der Waals surface area contributed by atoms with Crippen molar-refractivity contribution < 1.29 is 4.74 Å². The largest absolute Gasteiger partial charge is 0.489 e. The summed E-state index contributed by atoms with van der Waals surface area (Å²) in [5, 5.41) is 7.89. The summed E-state index contributed by atoms with van der Waals surface area (Å²) < 4.78 is 9.56. The molecule has 1 aliphatic rings. The van der Waals surface area contributed by atoms with Gasteiger partial charge in [0, 0.05) is 39.5 Å². The first kappa shape index (κ1) is 17.3. The van der Waals surface area contributed by atoms with Crippen LogP contribution in [0.3, 0.4) is 0 Å². The van der Waals surface area contributed by atoms with Gasteiger partial charge in [0.1, 0.15) is 12.4 Å². The SMILES string of the molecule is Cc1cc(COc2ccn(-c3ccc4nn(C5CC5)c(C)c4c3)c(=O)c2)cs1. The Labute approximate surface area is 166 Å². The minimum Gasteiger partial charge on any atom is -0.489 e. The number of benzene rings is 1. The van der Waals surface area contributed by atoms with E-state index in [1.54, 1.807) is 28.2 Å². The van der Waals surface area contributed by atoms with Gasteiger partial charge in [-0.3, -0.25) is 14.0 Å². The lowest BCUT2D eigenvalue weighted by Crippen LogP contribution is -2.16. The molecule has 0 saturated heterocycles. The lowest BCUT2D eigenvalue weighted by Gasteiger charge is -2.09. The van der Waals surface area contributed by atoms with E-state index in [1.165, 1.54) is 23.4 Å². The first-order valence-corrected chi connectivity index (χ1v) is 10.4. The number of pyridine rings is 1. The molecule has 0 spiro atoms. The van der Waals surface area contributed by atoms with Crippen molar-refractivity contribution in [3.63, 3.8) is 0 Å². The minimum atomic E-state index is -0.106. The van der Waals surface area contributed by atoms with Gasteiger partial charge in [-0.1, -0.05) is 0 Å². The molecule has 0 N–H and O–H groups in total. The highest BCUT2D eigenvalue weighted by atomic mass is 32.1. The maximum absolute atomic E-state index is 12.7. The molecular formula is C22H21N3O2S. The first-order chi connectivity index (χ1) is 13.6. The topological polar surface area (TPSA) is 49.0 Å². The molecule has 5 rings (SSSR count). The van der Waals surface area contributed by atoms with Crippen molar-refractivity contribution in [2.45, 2.75) is 39.3 Å². The molecule has 0 unspecified atom stereocenters. The summed E-state index contributed by atoms with van der Waals surface area (Å²) in [4.78, 5) is 13.9. The van der Waals surface area contributed by atoms with Crippen LogP contribution in [0, 0.1) is 13.8 Å². The van der Waals surface area contributed by atoms with Crippen molar-refractivity contribution in [1.29, 1.82) is 0 Å². The standard InChI is InChI=1S/C22H21N3O2S/c1-14-9-16(13-28-14)12-27-19-7-8-24(22(26)11-19)18-5-6-21-20(10-18)15(2)25(23-21)17-3-4-17/h5-11,13,17H,3-4,12H2,1-2H3. The summed E-state index contributed by atoms with van der Waals surface area (Å²) in [6, 6.07) is 12.0. The number of aromatic nitrogens is 3. The third kappa shape index (κ3) is 3.14. The molecule has 1 saturated carbocycles. The zero-order valence-electron chi connectivity index (χ0n) is 15.9. The van der Waals surface area contributed by atoms with Crippen LogP contribution in [0.15, 0.2) is 52.8 Å². The molecule has 28 heavy (non-hydrogen) atoms. The molecule has 4 aromatic rings. The monoisotopic (exact) mass is 391 g/mol. The summed E-state index contributed by atoms with van der Waals surface area (Å²) in [6.07, 6.45) is 4.18. The molecule has 0 radical (unpaired) electrons. The van der Waals surface area contributed by atoms with Gasteiger partial charge in [0.25, 0.3) is 5.56 Å². The quantitative estimate of drug-likeness (QED) is 0.492. The smallest absolute Gasteiger partial charge is 0.258 e. The molecule has 142 valence electrons. The second-order valence-electron chi connectivity index (χ2n) is 7.39. The second-order valence-corrected chi connectivity index (χ2v) is 8.50. The van der Waals surface area contributed by atoms with E-state index in [9.17, 15) is 4.79 Å². The number of ether oxygens (including phenoxy) is 1. The van der Waals surface area contributed by atoms with Crippen molar-refractivity contribution in [3.05, 3.63) is 74.5 Å². The van der Waals surface area contributed by atoms with Crippen LogP contribution in [0.4, 0.5) is 0 Å². The van der Waals surface area contributed by atoms with Gasteiger partial charge in [-0.2, -0.15) is 5.10 Å². The van der Waals surface area contributed by atoms with Gasteiger partial charge in [0.05, 0.1) is 11.6 Å². The fourth-order valence-corrected chi connectivity index (χ4v) is 4.24. The highest BCUT2D eigenvalue weighted by Gasteiger charge is 2.26. The van der Waals surface area contributed by atoms with E-state index in [0.717, 1.165) is 22.2 Å². The minimum absolute atomic E-state index is 0.106. The van der Waals surface area contributed by atoms with E-state index in [0.29, 0.717) is 18.4 Å². The van der Waals surface area contributed by atoms with Gasteiger partial charge in [0.15, 0.2) is 0 Å². The fourth-order valence-electron chi connectivity index (χ4n) is 3.54. The average molecular weight is 391 g/mol. The lowest BCUT2D eigenvalue weighted by atomic mass is 10.2. The van der Waals surface area contributed by atoms with Crippen LogP contribution in [-0.2, 0) is 6.61 Å². The van der Waals surface area contributed by atoms with Crippen molar-refractivity contribution in [2.24, 2.45) is 0 Å².